The summed E-state index contributed by atoms with van der Waals surface area (Å²) in [5.74, 6) is -1.14. The van der Waals surface area contributed by atoms with Gasteiger partial charge in [0.25, 0.3) is 5.91 Å². The number of aryl methyl sites for hydroxylation is 1. The van der Waals surface area contributed by atoms with Crippen LogP contribution in [0.2, 0.25) is 5.02 Å². The fourth-order valence-corrected chi connectivity index (χ4v) is 2.31. The number of halogens is 1. The highest BCUT2D eigenvalue weighted by molar-refractivity contribution is 6.31. The number of benzene rings is 2. The van der Waals surface area contributed by atoms with Crippen molar-refractivity contribution < 1.29 is 14.3 Å². The van der Waals surface area contributed by atoms with Crippen molar-refractivity contribution in [2.24, 2.45) is 0 Å². The molecule has 0 fully saturated rings. The van der Waals surface area contributed by atoms with Gasteiger partial charge in [-0.15, -0.1) is 0 Å². The monoisotopic (exact) mass is 354 g/mol. The Morgan fingerprint density at radius 3 is 2.64 bits per heavy atom. The number of amides is 1. The first kappa shape index (κ1) is 18.2. The lowest BCUT2D eigenvalue weighted by Crippen LogP contribution is -2.14. The molecular formula is C19H15ClN2O3. The van der Waals surface area contributed by atoms with Gasteiger partial charge in [0, 0.05) is 10.7 Å². The summed E-state index contributed by atoms with van der Waals surface area (Å²) in [7, 11) is 1.27. The van der Waals surface area contributed by atoms with Crippen molar-refractivity contribution in [3.63, 3.8) is 0 Å². The van der Waals surface area contributed by atoms with Crippen LogP contribution >= 0.6 is 11.6 Å². The van der Waals surface area contributed by atoms with Crippen LogP contribution in [0.25, 0.3) is 6.08 Å². The topological polar surface area (TPSA) is 79.2 Å². The molecule has 126 valence electrons. The summed E-state index contributed by atoms with van der Waals surface area (Å²) in [4.78, 5) is 24.2. The van der Waals surface area contributed by atoms with E-state index < -0.39 is 11.9 Å². The fourth-order valence-electron chi connectivity index (χ4n) is 2.14. The number of hydrogen-bond donors (Lipinski definition) is 1. The Morgan fingerprint density at radius 1 is 1.24 bits per heavy atom. The Labute approximate surface area is 150 Å². The molecule has 0 atom stereocenters. The number of ether oxygens (including phenoxy) is 1. The van der Waals surface area contributed by atoms with E-state index in [4.69, 9.17) is 16.3 Å². The molecule has 0 aromatic heterocycles. The van der Waals surface area contributed by atoms with Crippen LogP contribution in [0.3, 0.4) is 0 Å². The number of hydrogen-bond acceptors (Lipinski definition) is 4. The van der Waals surface area contributed by atoms with Gasteiger partial charge in [-0.2, -0.15) is 5.26 Å². The van der Waals surface area contributed by atoms with Crippen molar-refractivity contribution in [1.82, 2.24) is 0 Å². The van der Waals surface area contributed by atoms with E-state index in [1.165, 1.54) is 13.2 Å². The summed E-state index contributed by atoms with van der Waals surface area (Å²) in [6.45, 7) is 1.81. The molecule has 1 amide bonds. The standard InChI is InChI=1S/C19H15ClN2O3/c1-12-7-8-15(20)10-17(12)22-18(23)14(11-21)9-13-5-3-4-6-16(13)19(24)25-2/h3-10H,1-2H3,(H,22,23)/b14-9+. The molecule has 25 heavy (non-hydrogen) atoms. The van der Waals surface area contributed by atoms with Gasteiger partial charge in [0.2, 0.25) is 0 Å². The van der Waals surface area contributed by atoms with Gasteiger partial charge in [-0.1, -0.05) is 35.9 Å². The van der Waals surface area contributed by atoms with Crippen molar-refractivity contribution >= 4 is 35.2 Å². The van der Waals surface area contributed by atoms with Crippen molar-refractivity contribution in [1.29, 1.82) is 5.26 Å². The van der Waals surface area contributed by atoms with Gasteiger partial charge in [-0.3, -0.25) is 4.79 Å². The SMILES string of the molecule is COC(=O)c1ccccc1/C=C(\C#N)C(=O)Nc1cc(Cl)ccc1C. The maximum atomic E-state index is 12.4. The third kappa shape index (κ3) is 4.46. The number of carbonyl (C=O) groups excluding carboxylic acids is 2. The van der Waals surface area contributed by atoms with Gasteiger partial charge in [0.05, 0.1) is 12.7 Å². The number of anilines is 1. The highest BCUT2D eigenvalue weighted by atomic mass is 35.5. The number of nitriles is 1. The lowest BCUT2D eigenvalue weighted by Gasteiger charge is -2.09. The van der Waals surface area contributed by atoms with Crippen LogP contribution < -0.4 is 5.32 Å². The van der Waals surface area contributed by atoms with Crippen molar-refractivity contribution in [3.8, 4) is 6.07 Å². The normalized spacial score (nSPS) is 10.7. The molecule has 0 radical (unpaired) electrons. The second kappa shape index (κ2) is 8.13. The number of rotatable bonds is 4. The van der Waals surface area contributed by atoms with Crippen molar-refractivity contribution in [2.75, 3.05) is 12.4 Å². The molecule has 0 heterocycles. The zero-order chi connectivity index (χ0) is 18.4. The van der Waals surface area contributed by atoms with E-state index in [0.717, 1.165) is 5.56 Å². The number of nitrogens with one attached hydrogen (secondary N) is 1. The third-order valence-corrected chi connectivity index (χ3v) is 3.71. The van der Waals surface area contributed by atoms with Crippen molar-refractivity contribution in [2.45, 2.75) is 6.92 Å². The second-order valence-corrected chi connectivity index (χ2v) is 5.60. The van der Waals surface area contributed by atoms with Crippen LogP contribution in [0, 0.1) is 18.3 Å². The molecule has 2 aromatic rings. The smallest absolute Gasteiger partial charge is 0.338 e. The second-order valence-electron chi connectivity index (χ2n) is 5.16. The Bertz CT molecular complexity index is 898. The Morgan fingerprint density at radius 2 is 1.96 bits per heavy atom. The van der Waals surface area contributed by atoms with Gasteiger partial charge >= 0.3 is 5.97 Å². The first-order valence-electron chi connectivity index (χ1n) is 7.33. The maximum Gasteiger partial charge on any atom is 0.338 e. The molecule has 0 aliphatic rings. The largest absolute Gasteiger partial charge is 0.465 e. The van der Waals surface area contributed by atoms with E-state index in [1.807, 2.05) is 13.0 Å². The van der Waals surface area contributed by atoms with Gasteiger partial charge in [-0.05, 0) is 42.3 Å². The lowest BCUT2D eigenvalue weighted by atomic mass is 10.0. The number of methoxy groups -OCH3 is 1. The molecule has 0 unspecified atom stereocenters. The van der Waals surface area contributed by atoms with Gasteiger partial charge < -0.3 is 10.1 Å². The molecule has 0 saturated carbocycles. The minimum Gasteiger partial charge on any atom is -0.465 e. The van der Waals surface area contributed by atoms with Gasteiger partial charge in [0.15, 0.2) is 0 Å². The van der Waals surface area contributed by atoms with Crippen LogP contribution in [0.15, 0.2) is 48.0 Å². The summed E-state index contributed by atoms with van der Waals surface area (Å²) in [5, 5.41) is 12.5. The molecule has 0 bridgehead atoms. The Balaban J connectivity index is 2.35. The molecule has 2 aromatic carbocycles. The first-order valence-corrected chi connectivity index (χ1v) is 7.70. The predicted molar refractivity (Wildman–Crippen MR) is 96.2 cm³/mol. The van der Waals surface area contributed by atoms with Crippen molar-refractivity contribution in [3.05, 3.63) is 69.8 Å². The van der Waals surface area contributed by atoms with E-state index >= 15 is 0 Å². The van der Waals surface area contributed by atoms with E-state index in [1.54, 1.807) is 42.5 Å². The van der Waals surface area contributed by atoms with E-state index in [-0.39, 0.29) is 11.1 Å². The van der Waals surface area contributed by atoms with Crippen LogP contribution in [-0.4, -0.2) is 19.0 Å². The number of nitrogens with zero attached hydrogens (tertiary/aromatic N) is 1. The number of carbonyl (C=O) groups is 2. The van der Waals surface area contributed by atoms with Crippen LogP contribution in [0.1, 0.15) is 21.5 Å². The summed E-state index contributed by atoms with van der Waals surface area (Å²) in [6.07, 6.45) is 1.35. The number of esters is 1. The molecule has 0 spiro atoms. The van der Waals surface area contributed by atoms with Crippen LogP contribution in [-0.2, 0) is 9.53 Å². The van der Waals surface area contributed by atoms with Crippen LogP contribution in [0.4, 0.5) is 5.69 Å². The van der Waals surface area contributed by atoms with Crippen LogP contribution in [0.5, 0.6) is 0 Å². The highest BCUT2D eigenvalue weighted by Crippen LogP contribution is 2.21. The zero-order valence-electron chi connectivity index (χ0n) is 13.7. The molecule has 0 aliphatic carbocycles. The molecule has 0 saturated heterocycles. The van der Waals surface area contributed by atoms with Gasteiger partial charge in [0.1, 0.15) is 11.6 Å². The van der Waals surface area contributed by atoms with E-state index in [0.29, 0.717) is 16.3 Å². The summed E-state index contributed by atoms with van der Waals surface area (Å²) < 4.78 is 4.71. The minimum atomic E-state index is -0.590. The molecule has 2 rings (SSSR count). The zero-order valence-corrected chi connectivity index (χ0v) is 14.4. The summed E-state index contributed by atoms with van der Waals surface area (Å²) in [5.41, 5.74) is 1.87. The summed E-state index contributed by atoms with van der Waals surface area (Å²) in [6, 6.07) is 13.5. The Hall–Kier alpha value is -3.10. The lowest BCUT2D eigenvalue weighted by molar-refractivity contribution is -0.112. The third-order valence-electron chi connectivity index (χ3n) is 3.48. The molecule has 6 heteroatoms. The minimum absolute atomic E-state index is 0.143. The van der Waals surface area contributed by atoms with E-state index in [2.05, 4.69) is 5.32 Å². The average molecular weight is 355 g/mol. The van der Waals surface area contributed by atoms with E-state index in [9.17, 15) is 14.9 Å². The molecule has 5 nitrogen and oxygen atoms in total. The van der Waals surface area contributed by atoms with Gasteiger partial charge in [-0.25, -0.2) is 4.79 Å². The fraction of sp³-hybridized carbons (Fsp3) is 0.105. The highest BCUT2D eigenvalue weighted by Gasteiger charge is 2.14. The summed E-state index contributed by atoms with van der Waals surface area (Å²) >= 11 is 5.93. The first-order chi connectivity index (χ1) is 12.0. The Kier molecular flexibility index (Phi) is 5.93. The average Bonchev–Trinajstić information content (AvgIpc) is 2.62. The molecule has 0 aliphatic heterocycles. The molecular weight excluding hydrogens is 340 g/mol. The quantitative estimate of drug-likeness (QED) is 0.511. The maximum absolute atomic E-state index is 12.4. The molecule has 1 N–H and O–H groups in total. The predicted octanol–water partition coefficient (Wildman–Crippen LogP) is 3.98.